The Balaban J connectivity index is 1.57. The summed E-state index contributed by atoms with van der Waals surface area (Å²) in [6.07, 6.45) is 5.57. The van der Waals surface area contributed by atoms with E-state index >= 15 is 0 Å². The van der Waals surface area contributed by atoms with Gasteiger partial charge < -0.3 is 10.6 Å². The van der Waals surface area contributed by atoms with Crippen LogP contribution in [0.25, 0.3) is 0 Å². The smallest absolute Gasteiger partial charge is 0.224 e. The van der Waals surface area contributed by atoms with E-state index in [9.17, 15) is 4.79 Å². The highest BCUT2D eigenvalue weighted by Crippen LogP contribution is 2.33. The van der Waals surface area contributed by atoms with Gasteiger partial charge in [0, 0.05) is 23.4 Å². The number of rotatable bonds is 5. The number of anilines is 1. The molecule has 4 heteroatoms. The van der Waals surface area contributed by atoms with E-state index in [2.05, 4.69) is 23.6 Å². The average molecular weight is 304 g/mol. The van der Waals surface area contributed by atoms with E-state index in [-0.39, 0.29) is 5.91 Å². The van der Waals surface area contributed by atoms with Crippen molar-refractivity contribution in [2.45, 2.75) is 56.0 Å². The van der Waals surface area contributed by atoms with Crippen molar-refractivity contribution >= 4 is 23.4 Å². The van der Waals surface area contributed by atoms with Crippen molar-refractivity contribution in [3.05, 3.63) is 24.3 Å². The number of amides is 1. The third-order valence-corrected chi connectivity index (χ3v) is 5.46. The van der Waals surface area contributed by atoms with E-state index in [1.807, 2.05) is 18.2 Å². The molecule has 1 aromatic carbocycles. The molecule has 3 rings (SSSR count). The first-order valence-corrected chi connectivity index (χ1v) is 9.01. The quantitative estimate of drug-likeness (QED) is 0.816. The Morgan fingerprint density at radius 3 is 2.71 bits per heavy atom. The van der Waals surface area contributed by atoms with Gasteiger partial charge in [-0.3, -0.25) is 4.79 Å². The lowest BCUT2D eigenvalue weighted by Gasteiger charge is -2.28. The first-order chi connectivity index (χ1) is 10.2. The number of nitrogens with one attached hydrogen (secondary N) is 2. The zero-order chi connectivity index (χ0) is 14.7. The highest BCUT2D eigenvalue weighted by atomic mass is 32.2. The van der Waals surface area contributed by atoms with Crippen LogP contribution >= 0.6 is 11.8 Å². The lowest BCUT2D eigenvalue weighted by molar-refractivity contribution is -0.117. The van der Waals surface area contributed by atoms with Crippen molar-refractivity contribution in [3.8, 4) is 0 Å². The van der Waals surface area contributed by atoms with Gasteiger partial charge in [0.2, 0.25) is 5.91 Å². The molecule has 0 spiro atoms. The third-order valence-electron chi connectivity index (χ3n) is 4.51. The van der Waals surface area contributed by atoms with E-state index in [4.69, 9.17) is 0 Å². The molecule has 0 aromatic heterocycles. The molecule has 2 aliphatic rings. The summed E-state index contributed by atoms with van der Waals surface area (Å²) in [7, 11) is 0. The number of carbonyl (C=O) groups is 1. The lowest BCUT2D eigenvalue weighted by atomic mass is 9.89. The van der Waals surface area contributed by atoms with Gasteiger partial charge in [-0.2, -0.15) is 0 Å². The van der Waals surface area contributed by atoms with Crippen LogP contribution in [-0.4, -0.2) is 23.7 Å². The van der Waals surface area contributed by atoms with Crippen molar-refractivity contribution in [1.82, 2.24) is 5.32 Å². The molecule has 114 valence electrons. The zero-order valence-corrected chi connectivity index (χ0v) is 13.4. The summed E-state index contributed by atoms with van der Waals surface area (Å²) >= 11 is 1.78. The number of thioether (sulfide) groups is 1. The van der Waals surface area contributed by atoms with Crippen LogP contribution in [0.5, 0.6) is 0 Å². The summed E-state index contributed by atoms with van der Waals surface area (Å²) < 4.78 is 0. The second-order valence-electron chi connectivity index (χ2n) is 6.16. The molecule has 2 saturated heterocycles. The maximum absolute atomic E-state index is 12.3. The van der Waals surface area contributed by atoms with E-state index in [1.54, 1.807) is 11.8 Å². The molecule has 2 heterocycles. The highest BCUT2D eigenvalue weighted by Gasteiger charge is 2.34. The minimum atomic E-state index is 0.172. The fourth-order valence-electron chi connectivity index (χ4n) is 3.66. The highest BCUT2D eigenvalue weighted by molar-refractivity contribution is 7.99. The van der Waals surface area contributed by atoms with Gasteiger partial charge in [-0.05, 0) is 49.5 Å². The number of hydrogen-bond acceptors (Lipinski definition) is 3. The van der Waals surface area contributed by atoms with Crippen molar-refractivity contribution in [1.29, 1.82) is 0 Å². The fraction of sp³-hybridized carbons (Fsp3) is 0.588. The predicted molar refractivity (Wildman–Crippen MR) is 88.8 cm³/mol. The Morgan fingerprint density at radius 2 is 2.00 bits per heavy atom. The molecule has 0 radical (unpaired) electrons. The first-order valence-electron chi connectivity index (χ1n) is 8.02. The molecule has 2 unspecified atom stereocenters. The van der Waals surface area contributed by atoms with Crippen molar-refractivity contribution in [2.24, 2.45) is 5.92 Å². The van der Waals surface area contributed by atoms with Crippen LogP contribution in [0.3, 0.4) is 0 Å². The fourth-order valence-corrected chi connectivity index (χ4v) is 4.42. The van der Waals surface area contributed by atoms with Gasteiger partial charge in [-0.25, -0.2) is 0 Å². The summed E-state index contributed by atoms with van der Waals surface area (Å²) in [5.41, 5.74) is 0.964. The lowest BCUT2D eigenvalue weighted by Crippen LogP contribution is -2.39. The molecular formula is C17H24N2OS. The molecule has 0 saturated carbocycles. The minimum Gasteiger partial charge on any atom is -0.325 e. The second-order valence-corrected chi connectivity index (χ2v) is 7.46. The third kappa shape index (κ3) is 3.80. The van der Waals surface area contributed by atoms with Gasteiger partial charge in [-0.1, -0.05) is 19.1 Å². The van der Waals surface area contributed by atoms with Crippen molar-refractivity contribution < 1.29 is 4.79 Å². The normalized spacial score (nSPS) is 27.6. The number of para-hydroxylation sites is 1. The summed E-state index contributed by atoms with van der Waals surface area (Å²) in [5, 5.41) is 6.75. The molecule has 0 aliphatic carbocycles. The van der Waals surface area contributed by atoms with E-state index in [0.717, 1.165) is 24.3 Å². The maximum atomic E-state index is 12.3. The Kier molecular flexibility index (Phi) is 4.86. The molecule has 2 fully saturated rings. The average Bonchev–Trinajstić information content (AvgIpc) is 2.80. The van der Waals surface area contributed by atoms with E-state index in [0.29, 0.717) is 24.4 Å². The molecule has 1 aromatic rings. The molecule has 21 heavy (non-hydrogen) atoms. The molecule has 2 atom stereocenters. The summed E-state index contributed by atoms with van der Waals surface area (Å²) in [6, 6.07) is 9.41. The van der Waals surface area contributed by atoms with E-state index in [1.165, 1.54) is 17.7 Å². The topological polar surface area (TPSA) is 41.1 Å². The van der Waals surface area contributed by atoms with Gasteiger partial charge in [0.25, 0.3) is 0 Å². The van der Waals surface area contributed by atoms with Gasteiger partial charge in [-0.15, -0.1) is 11.8 Å². The molecule has 2 aliphatic heterocycles. The van der Waals surface area contributed by atoms with E-state index < -0.39 is 0 Å². The van der Waals surface area contributed by atoms with Crippen LogP contribution in [0.4, 0.5) is 5.69 Å². The first kappa shape index (κ1) is 14.9. The van der Waals surface area contributed by atoms with Crippen molar-refractivity contribution in [2.75, 3.05) is 11.1 Å². The minimum absolute atomic E-state index is 0.172. The second kappa shape index (κ2) is 6.84. The Bertz CT molecular complexity index is 493. The molecule has 2 bridgehead atoms. The summed E-state index contributed by atoms with van der Waals surface area (Å²) in [5.74, 6) is 1.74. The molecule has 1 amide bonds. The number of benzene rings is 1. The van der Waals surface area contributed by atoms with Crippen LogP contribution in [0.15, 0.2) is 29.2 Å². The zero-order valence-electron chi connectivity index (χ0n) is 12.6. The van der Waals surface area contributed by atoms with Crippen LogP contribution in [0, 0.1) is 5.92 Å². The van der Waals surface area contributed by atoms with Gasteiger partial charge in [0.05, 0.1) is 5.69 Å². The van der Waals surface area contributed by atoms with Crippen molar-refractivity contribution in [3.63, 3.8) is 0 Å². The molecular weight excluding hydrogens is 280 g/mol. The van der Waals surface area contributed by atoms with Crippen LogP contribution < -0.4 is 10.6 Å². The van der Waals surface area contributed by atoms with Crippen LogP contribution in [0.1, 0.15) is 39.0 Å². The van der Waals surface area contributed by atoms with Crippen LogP contribution in [-0.2, 0) is 4.79 Å². The summed E-state index contributed by atoms with van der Waals surface area (Å²) in [6.45, 7) is 2.13. The maximum Gasteiger partial charge on any atom is 0.224 e. The SMILES string of the molecule is CCSc1ccccc1NC(=O)CC1CC2CCC(C1)N2. The van der Waals surface area contributed by atoms with Gasteiger partial charge in [0.1, 0.15) is 0 Å². The number of carbonyl (C=O) groups excluding carboxylic acids is 1. The number of hydrogen-bond donors (Lipinski definition) is 2. The Morgan fingerprint density at radius 1 is 1.29 bits per heavy atom. The summed E-state index contributed by atoms with van der Waals surface area (Å²) in [4.78, 5) is 13.5. The standard InChI is InChI=1S/C17H24N2OS/c1-2-21-16-6-4-3-5-15(16)19-17(20)11-12-9-13-7-8-14(10-12)18-13/h3-6,12-14,18H,2,7-11H2,1H3,(H,19,20). The van der Waals surface area contributed by atoms with Gasteiger partial charge in [0.15, 0.2) is 0 Å². The molecule has 3 nitrogen and oxygen atoms in total. The molecule has 2 N–H and O–H groups in total. The number of fused-ring (bicyclic) bond motifs is 2. The predicted octanol–water partition coefficient (Wildman–Crippen LogP) is 3.66. The largest absolute Gasteiger partial charge is 0.325 e. The Labute approximate surface area is 131 Å². The Hall–Kier alpha value is -1.00. The van der Waals surface area contributed by atoms with Crippen LogP contribution in [0.2, 0.25) is 0 Å². The number of piperidine rings is 1. The monoisotopic (exact) mass is 304 g/mol. The van der Waals surface area contributed by atoms with Gasteiger partial charge >= 0.3 is 0 Å².